The number of piperazine rings is 1. The number of hydrogen-bond donors (Lipinski definition) is 1. The Bertz CT molecular complexity index is 1120. The summed E-state index contributed by atoms with van der Waals surface area (Å²) in [5, 5.41) is 3.09. The van der Waals surface area contributed by atoms with Gasteiger partial charge in [-0.2, -0.15) is 0 Å². The highest BCUT2D eigenvalue weighted by Crippen LogP contribution is 2.26. The highest BCUT2D eigenvalue weighted by molar-refractivity contribution is 7.90. The zero-order valence-corrected chi connectivity index (χ0v) is 19.8. The lowest BCUT2D eigenvalue weighted by Gasteiger charge is -2.41. The average Bonchev–Trinajstić information content (AvgIpc) is 2.79. The molecule has 1 saturated heterocycles. The number of halogens is 1. The Morgan fingerprint density at radius 3 is 2.58 bits per heavy atom. The molecule has 2 aliphatic rings. The molecule has 2 heterocycles. The SMILES string of the molecule is C[C@@H]1CN(c2ccc(S(C)(=O)=O)cc2F)CCN1c1nccc(C(=O)NC2CCCCC2)n1. The maximum atomic E-state index is 14.7. The van der Waals surface area contributed by atoms with Crippen LogP contribution in [0.2, 0.25) is 0 Å². The molecule has 4 rings (SSSR count). The van der Waals surface area contributed by atoms with E-state index in [9.17, 15) is 17.6 Å². The van der Waals surface area contributed by atoms with Gasteiger partial charge in [-0.25, -0.2) is 22.8 Å². The molecule has 0 radical (unpaired) electrons. The van der Waals surface area contributed by atoms with E-state index in [2.05, 4.69) is 15.3 Å². The van der Waals surface area contributed by atoms with Crippen molar-refractivity contribution in [3.8, 4) is 0 Å². The van der Waals surface area contributed by atoms with Crippen molar-refractivity contribution in [3.63, 3.8) is 0 Å². The number of rotatable bonds is 5. The molecule has 1 amide bonds. The molecule has 1 aliphatic carbocycles. The summed E-state index contributed by atoms with van der Waals surface area (Å²) < 4.78 is 38.0. The van der Waals surface area contributed by atoms with Crippen molar-refractivity contribution in [3.05, 3.63) is 42.0 Å². The summed E-state index contributed by atoms with van der Waals surface area (Å²) in [5.74, 6) is -0.257. The molecule has 1 saturated carbocycles. The van der Waals surface area contributed by atoms with Gasteiger partial charge < -0.3 is 15.1 Å². The minimum Gasteiger partial charge on any atom is -0.365 e. The van der Waals surface area contributed by atoms with Gasteiger partial charge in [-0.1, -0.05) is 19.3 Å². The van der Waals surface area contributed by atoms with Crippen molar-refractivity contribution in [2.24, 2.45) is 0 Å². The highest BCUT2D eigenvalue weighted by atomic mass is 32.2. The predicted octanol–water partition coefficient (Wildman–Crippen LogP) is 2.80. The van der Waals surface area contributed by atoms with Crippen LogP contribution < -0.4 is 15.1 Å². The lowest BCUT2D eigenvalue weighted by molar-refractivity contribution is 0.0922. The molecule has 33 heavy (non-hydrogen) atoms. The van der Waals surface area contributed by atoms with E-state index in [0.717, 1.165) is 38.0 Å². The number of amides is 1. The van der Waals surface area contributed by atoms with E-state index in [1.807, 2.05) is 16.7 Å². The standard InChI is InChI=1S/C23H30FN5O3S/c1-16-15-28(21-9-8-18(14-19(21)24)33(2,31)32)12-13-29(16)23-25-11-10-20(27-23)22(30)26-17-6-4-3-5-7-17/h8-11,14,16-17H,3-7,12-13,15H2,1-2H3,(H,26,30)/t16-/m1/s1. The Kier molecular flexibility index (Phi) is 6.83. The van der Waals surface area contributed by atoms with Crippen LogP contribution in [-0.4, -0.2) is 62.3 Å². The predicted molar refractivity (Wildman–Crippen MR) is 125 cm³/mol. The Morgan fingerprint density at radius 1 is 1.15 bits per heavy atom. The first kappa shape index (κ1) is 23.4. The van der Waals surface area contributed by atoms with Crippen molar-refractivity contribution < 1.29 is 17.6 Å². The molecule has 0 spiro atoms. The Balaban J connectivity index is 1.44. The molecular formula is C23H30FN5O3S. The molecule has 1 aromatic carbocycles. The molecule has 10 heteroatoms. The Hall–Kier alpha value is -2.75. The van der Waals surface area contributed by atoms with E-state index in [1.165, 1.54) is 18.6 Å². The fourth-order valence-corrected chi connectivity index (χ4v) is 5.20. The van der Waals surface area contributed by atoms with Gasteiger partial charge >= 0.3 is 0 Å². The van der Waals surface area contributed by atoms with Gasteiger partial charge in [0.25, 0.3) is 5.91 Å². The average molecular weight is 476 g/mol. The van der Waals surface area contributed by atoms with Gasteiger partial charge in [-0.05, 0) is 44.0 Å². The maximum Gasteiger partial charge on any atom is 0.270 e. The second kappa shape index (κ2) is 9.62. The summed E-state index contributed by atoms with van der Waals surface area (Å²) in [7, 11) is -3.47. The van der Waals surface area contributed by atoms with Crippen LogP contribution in [0.4, 0.5) is 16.0 Å². The molecule has 8 nitrogen and oxygen atoms in total. The van der Waals surface area contributed by atoms with Crippen molar-refractivity contribution in [2.75, 3.05) is 35.7 Å². The summed E-state index contributed by atoms with van der Waals surface area (Å²) in [6.07, 6.45) is 8.17. The number of benzene rings is 1. The van der Waals surface area contributed by atoms with Crippen LogP contribution in [0.15, 0.2) is 35.4 Å². The minimum absolute atomic E-state index is 0.0350. The fourth-order valence-electron chi connectivity index (χ4n) is 4.57. The van der Waals surface area contributed by atoms with Gasteiger partial charge in [0.2, 0.25) is 5.95 Å². The van der Waals surface area contributed by atoms with Gasteiger partial charge in [-0.15, -0.1) is 0 Å². The molecule has 1 aliphatic heterocycles. The van der Waals surface area contributed by atoms with Gasteiger partial charge in [0.1, 0.15) is 11.5 Å². The van der Waals surface area contributed by atoms with E-state index >= 15 is 0 Å². The first-order valence-electron chi connectivity index (χ1n) is 11.4. The third-order valence-corrected chi connectivity index (χ3v) is 7.50. The molecule has 1 N–H and O–H groups in total. The molecule has 1 atom stereocenters. The van der Waals surface area contributed by atoms with Crippen LogP contribution in [0.3, 0.4) is 0 Å². The van der Waals surface area contributed by atoms with Crippen LogP contribution >= 0.6 is 0 Å². The summed E-state index contributed by atoms with van der Waals surface area (Å²) >= 11 is 0. The van der Waals surface area contributed by atoms with Crippen LogP contribution in [-0.2, 0) is 9.84 Å². The monoisotopic (exact) mass is 475 g/mol. The second-order valence-electron chi connectivity index (χ2n) is 8.92. The first-order valence-corrected chi connectivity index (χ1v) is 13.3. The number of carbonyl (C=O) groups is 1. The number of carbonyl (C=O) groups excluding carboxylic acids is 1. The van der Waals surface area contributed by atoms with Crippen LogP contribution in [0.25, 0.3) is 0 Å². The van der Waals surface area contributed by atoms with E-state index in [4.69, 9.17) is 0 Å². The van der Waals surface area contributed by atoms with Crippen LogP contribution in [0.5, 0.6) is 0 Å². The third-order valence-electron chi connectivity index (χ3n) is 6.39. The van der Waals surface area contributed by atoms with Crippen LogP contribution in [0.1, 0.15) is 49.5 Å². The summed E-state index contributed by atoms with van der Waals surface area (Å²) in [6, 6.07) is 5.81. The van der Waals surface area contributed by atoms with Crippen molar-refractivity contribution in [1.29, 1.82) is 0 Å². The number of anilines is 2. The van der Waals surface area contributed by atoms with Gasteiger partial charge in [0.05, 0.1) is 10.6 Å². The number of sulfone groups is 1. The first-order chi connectivity index (χ1) is 15.7. The lowest BCUT2D eigenvalue weighted by Crippen LogP contribution is -2.53. The molecule has 1 aromatic heterocycles. The Labute approximate surface area is 194 Å². The molecule has 0 bridgehead atoms. The van der Waals surface area contributed by atoms with E-state index in [-0.39, 0.29) is 22.9 Å². The quantitative estimate of drug-likeness (QED) is 0.710. The molecular weight excluding hydrogens is 445 g/mol. The van der Waals surface area contributed by atoms with Crippen molar-refractivity contribution in [2.45, 2.75) is 56.0 Å². The van der Waals surface area contributed by atoms with E-state index in [0.29, 0.717) is 37.0 Å². The third kappa shape index (κ3) is 5.43. The maximum absolute atomic E-state index is 14.7. The molecule has 178 valence electrons. The molecule has 2 fully saturated rings. The van der Waals surface area contributed by atoms with Crippen LogP contribution in [0, 0.1) is 5.82 Å². The second-order valence-corrected chi connectivity index (χ2v) is 10.9. The number of hydrogen-bond acceptors (Lipinski definition) is 7. The van der Waals surface area contributed by atoms with Gasteiger partial charge in [-0.3, -0.25) is 4.79 Å². The van der Waals surface area contributed by atoms with Gasteiger partial charge in [0, 0.05) is 44.2 Å². The minimum atomic E-state index is -3.47. The zero-order chi connectivity index (χ0) is 23.6. The van der Waals surface area contributed by atoms with E-state index < -0.39 is 15.7 Å². The van der Waals surface area contributed by atoms with Crippen molar-refractivity contribution >= 4 is 27.4 Å². The molecule has 2 aromatic rings. The summed E-state index contributed by atoms with van der Waals surface area (Å²) in [6.45, 7) is 3.56. The van der Waals surface area contributed by atoms with Gasteiger partial charge in [0.15, 0.2) is 9.84 Å². The fraction of sp³-hybridized carbons (Fsp3) is 0.522. The number of aromatic nitrogens is 2. The lowest BCUT2D eigenvalue weighted by atomic mass is 9.95. The van der Waals surface area contributed by atoms with E-state index in [1.54, 1.807) is 12.3 Å². The molecule has 0 unspecified atom stereocenters. The largest absolute Gasteiger partial charge is 0.365 e. The Morgan fingerprint density at radius 2 is 1.91 bits per heavy atom. The number of nitrogens with one attached hydrogen (secondary N) is 1. The summed E-state index contributed by atoms with van der Waals surface area (Å²) in [4.78, 5) is 25.4. The van der Waals surface area contributed by atoms with Crippen molar-refractivity contribution in [1.82, 2.24) is 15.3 Å². The highest BCUT2D eigenvalue weighted by Gasteiger charge is 2.28. The topological polar surface area (TPSA) is 95.5 Å². The normalized spacial score (nSPS) is 20.0. The smallest absolute Gasteiger partial charge is 0.270 e. The summed E-state index contributed by atoms with van der Waals surface area (Å²) in [5.41, 5.74) is 0.720. The zero-order valence-electron chi connectivity index (χ0n) is 19.0. The number of nitrogens with zero attached hydrogens (tertiary/aromatic N) is 4.